The van der Waals surface area contributed by atoms with Gasteiger partial charge < -0.3 is 15.3 Å². The highest BCUT2D eigenvalue weighted by Crippen LogP contribution is 2.33. The second-order valence-corrected chi connectivity index (χ2v) is 5.95. The lowest BCUT2D eigenvalue weighted by Crippen LogP contribution is -2.21. The van der Waals surface area contributed by atoms with E-state index in [4.69, 9.17) is 0 Å². The van der Waals surface area contributed by atoms with E-state index in [2.05, 4.69) is 56.2 Å². The summed E-state index contributed by atoms with van der Waals surface area (Å²) in [5, 5.41) is 13.0. The minimum Gasteiger partial charge on any atom is -0.506 e. The van der Waals surface area contributed by atoms with E-state index < -0.39 is 0 Å². The van der Waals surface area contributed by atoms with Crippen LogP contribution in [0.3, 0.4) is 0 Å². The van der Waals surface area contributed by atoms with Crippen LogP contribution in [0.1, 0.15) is 12.0 Å². The highest BCUT2D eigenvalue weighted by Gasteiger charge is 2.05. The number of rotatable bonds is 6. The molecule has 1 aromatic rings. The SMILES string of the molecule is CN(C)CCCNCc1cc(Br)c(O)c(Br)c1. The van der Waals surface area contributed by atoms with Crippen molar-refractivity contribution in [3.8, 4) is 5.75 Å². The average molecular weight is 366 g/mol. The summed E-state index contributed by atoms with van der Waals surface area (Å²) >= 11 is 6.65. The van der Waals surface area contributed by atoms with Gasteiger partial charge in [0, 0.05) is 6.54 Å². The molecule has 0 aliphatic rings. The molecule has 0 bridgehead atoms. The van der Waals surface area contributed by atoms with E-state index in [1.807, 2.05) is 12.1 Å². The van der Waals surface area contributed by atoms with Crippen LogP contribution in [-0.2, 0) is 6.54 Å². The lowest BCUT2D eigenvalue weighted by molar-refractivity contribution is 0.394. The zero-order valence-electron chi connectivity index (χ0n) is 10.1. The van der Waals surface area contributed by atoms with Crippen LogP contribution in [0.4, 0.5) is 0 Å². The quantitative estimate of drug-likeness (QED) is 0.761. The van der Waals surface area contributed by atoms with E-state index >= 15 is 0 Å². The zero-order valence-corrected chi connectivity index (χ0v) is 13.3. The molecule has 0 saturated carbocycles. The maximum atomic E-state index is 9.58. The van der Waals surface area contributed by atoms with Crippen molar-refractivity contribution < 1.29 is 5.11 Å². The van der Waals surface area contributed by atoms with Crippen LogP contribution in [-0.4, -0.2) is 37.2 Å². The number of phenolic OH excluding ortho intramolecular Hbond substituents is 1. The number of hydrogen-bond donors (Lipinski definition) is 2. The number of nitrogens with one attached hydrogen (secondary N) is 1. The number of phenols is 1. The molecule has 3 nitrogen and oxygen atoms in total. The molecule has 0 amide bonds. The first-order valence-electron chi connectivity index (χ1n) is 5.53. The Hall–Kier alpha value is -0.100. The van der Waals surface area contributed by atoms with Crippen molar-refractivity contribution in [1.29, 1.82) is 0 Å². The standard InChI is InChI=1S/C12H18Br2N2O/c1-16(2)5-3-4-15-8-9-6-10(13)12(17)11(14)7-9/h6-7,15,17H,3-5,8H2,1-2H3. The van der Waals surface area contributed by atoms with Crippen molar-refractivity contribution in [2.75, 3.05) is 27.2 Å². The highest BCUT2D eigenvalue weighted by molar-refractivity contribution is 9.11. The van der Waals surface area contributed by atoms with Gasteiger partial charge in [0.15, 0.2) is 0 Å². The Bertz CT molecular complexity index is 347. The molecule has 5 heteroatoms. The lowest BCUT2D eigenvalue weighted by atomic mass is 10.2. The second kappa shape index (κ2) is 7.36. The first-order chi connectivity index (χ1) is 8.00. The van der Waals surface area contributed by atoms with Crippen LogP contribution < -0.4 is 5.32 Å². The van der Waals surface area contributed by atoms with Crippen LogP contribution in [0.5, 0.6) is 5.75 Å². The highest BCUT2D eigenvalue weighted by atomic mass is 79.9. The molecule has 0 aromatic heterocycles. The van der Waals surface area contributed by atoms with Crippen molar-refractivity contribution in [3.05, 3.63) is 26.6 Å². The van der Waals surface area contributed by atoms with Gasteiger partial charge in [-0.05, 0) is 83.2 Å². The van der Waals surface area contributed by atoms with E-state index in [-0.39, 0.29) is 5.75 Å². The van der Waals surface area contributed by atoms with Crippen molar-refractivity contribution in [1.82, 2.24) is 10.2 Å². The molecule has 0 heterocycles. The molecule has 0 fully saturated rings. The fourth-order valence-electron chi connectivity index (χ4n) is 1.47. The molecule has 96 valence electrons. The van der Waals surface area contributed by atoms with Gasteiger partial charge in [-0.2, -0.15) is 0 Å². The molecule has 0 aliphatic heterocycles. The van der Waals surface area contributed by atoms with Gasteiger partial charge in [-0.15, -0.1) is 0 Å². The third-order valence-corrected chi connectivity index (χ3v) is 3.57. The maximum Gasteiger partial charge on any atom is 0.143 e. The van der Waals surface area contributed by atoms with E-state index in [9.17, 15) is 5.11 Å². The summed E-state index contributed by atoms with van der Waals surface area (Å²) in [5.74, 6) is 0.251. The molecule has 1 rings (SSSR count). The van der Waals surface area contributed by atoms with Gasteiger partial charge in [0.2, 0.25) is 0 Å². The lowest BCUT2D eigenvalue weighted by Gasteiger charge is -2.10. The largest absolute Gasteiger partial charge is 0.506 e. The third-order valence-electron chi connectivity index (χ3n) is 2.36. The zero-order chi connectivity index (χ0) is 12.8. The van der Waals surface area contributed by atoms with Gasteiger partial charge in [-0.3, -0.25) is 0 Å². The molecule has 0 spiro atoms. The molecular formula is C12H18Br2N2O. The first-order valence-corrected chi connectivity index (χ1v) is 7.11. The summed E-state index contributed by atoms with van der Waals surface area (Å²) < 4.78 is 1.44. The predicted molar refractivity (Wildman–Crippen MR) is 78.4 cm³/mol. The molecule has 0 unspecified atom stereocenters. The van der Waals surface area contributed by atoms with Gasteiger partial charge in [-0.1, -0.05) is 0 Å². The molecule has 17 heavy (non-hydrogen) atoms. The molecular weight excluding hydrogens is 348 g/mol. The topological polar surface area (TPSA) is 35.5 Å². The second-order valence-electron chi connectivity index (χ2n) is 4.24. The smallest absolute Gasteiger partial charge is 0.143 e. The number of aromatic hydroxyl groups is 1. The predicted octanol–water partition coefficient (Wildman–Crippen LogP) is 2.96. The molecule has 0 saturated heterocycles. The van der Waals surface area contributed by atoms with E-state index in [1.165, 1.54) is 0 Å². The first kappa shape index (κ1) is 15.0. The average Bonchev–Trinajstić information content (AvgIpc) is 2.25. The number of hydrogen-bond acceptors (Lipinski definition) is 3. The van der Waals surface area contributed by atoms with Crippen LogP contribution in [0.15, 0.2) is 21.1 Å². The fraction of sp³-hybridized carbons (Fsp3) is 0.500. The Labute approximate surface area is 119 Å². The summed E-state index contributed by atoms with van der Waals surface area (Å²) in [6.45, 7) is 2.90. The number of nitrogens with zero attached hydrogens (tertiary/aromatic N) is 1. The molecule has 0 aliphatic carbocycles. The normalized spacial score (nSPS) is 11.1. The fourth-order valence-corrected chi connectivity index (χ4v) is 2.75. The van der Waals surface area contributed by atoms with Crippen LogP contribution in [0.2, 0.25) is 0 Å². The van der Waals surface area contributed by atoms with Gasteiger partial charge >= 0.3 is 0 Å². The van der Waals surface area contributed by atoms with E-state index in [1.54, 1.807) is 0 Å². The van der Waals surface area contributed by atoms with Crippen LogP contribution in [0.25, 0.3) is 0 Å². The van der Waals surface area contributed by atoms with Crippen molar-refractivity contribution in [3.63, 3.8) is 0 Å². The van der Waals surface area contributed by atoms with E-state index in [0.29, 0.717) is 0 Å². The summed E-state index contributed by atoms with van der Waals surface area (Å²) in [4.78, 5) is 2.18. The third kappa shape index (κ3) is 5.38. The summed E-state index contributed by atoms with van der Waals surface area (Å²) in [6, 6.07) is 3.86. The Kier molecular flexibility index (Phi) is 6.48. The van der Waals surface area contributed by atoms with Crippen LogP contribution >= 0.6 is 31.9 Å². The van der Waals surface area contributed by atoms with Crippen molar-refractivity contribution in [2.45, 2.75) is 13.0 Å². The summed E-state index contributed by atoms with van der Waals surface area (Å²) in [6.07, 6.45) is 1.13. The Morgan fingerprint density at radius 1 is 1.24 bits per heavy atom. The van der Waals surface area contributed by atoms with E-state index in [0.717, 1.165) is 40.6 Å². The maximum absolute atomic E-state index is 9.58. The summed E-state index contributed by atoms with van der Waals surface area (Å²) in [5.41, 5.74) is 1.14. The van der Waals surface area contributed by atoms with Gasteiger partial charge in [-0.25, -0.2) is 0 Å². The van der Waals surface area contributed by atoms with Crippen molar-refractivity contribution >= 4 is 31.9 Å². The molecule has 0 radical (unpaired) electrons. The van der Waals surface area contributed by atoms with Gasteiger partial charge in [0.05, 0.1) is 8.95 Å². The van der Waals surface area contributed by atoms with Crippen molar-refractivity contribution in [2.24, 2.45) is 0 Å². The Balaban J connectivity index is 2.37. The Morgan fingerprint density at radius 3 is 2.35 bits per heavy atom. The van der Waals surface area contributed by atoms with Gasteiger partial charge in [0.1, 0.15) is 5.75 Å². The molecule has 1 aromatic carbocycles. The summed E-state index contributed by atoms with van der Waals surface area (Å²) in [7, 11) is 4.16. The number of halogens is 2. The minimum absolute atomic E-state index is 0.251. The molecule has 2 N–H and O–H groups in total. The monoisotopic (exact) mass is 364 g/mol. The number of benzene rings is 1. The minimum atomic E-state index is 0.251. The Morgan fingerprint density at radius 2 is 1.82 bits per heavy atom. The van der Waals surface area contributed by atoms with Gasteiger partial charge in [0.25, 0.3) is 0 Å². The van der Waals surface area contributed by atoms with Crippen LogP contribution in [0, 0.1) is 0 Å². The molecule has 0 atom stereocenters.